The molecule has 1 unspecified atom stereocenters. The number of hydrogen-bond donors (Lipinski definition) is 2. The van der Waals surface area contributed by atoms with Crippen LogP contribution in [0.2, 0.25) is 0 Å². The van der Waals surface area contributed by atoms with Crippen LogP contribution in [0.25, 0.3) is 10.9 Å². The van der Waals surface area contributed by atoms with Crippen molar-refractivity contribution in [1.82, 2.24) is 4.98 Å². The molecule has 28 heavy (non-hydrogen) atoms. The molecular formula is C20H16F3NO4. The zero-order valence-corrected chi connectivity index (χ0v) is 14.8. The maximum absolute atomic E-state index is 14.5. The van der Waals surface area contributed by atoms with Crippen molar-refractivity contribution in [2.24, 2.45) is 0 Å². The first-order valence-corrected chi connectivity index (χ1v) is 8.48. The molecule has 0 aliphatic heterocycles. The molecule has 0 aliphatic rings. The summed E-state index contributed by atoms with van der Waals surface area (Å²) < 4.78 is 46.4. The average molecular weight is 391 g/mol. The Hall–Kier alpha value is -3.29. The Labute approximate surface area is 157 Å². The van der Waals surface area contributed by atoms with Gasteiger partial charge >= 0.3 is 5.97 Å². The van der Waals surface area contributed by atoms with Crippen LogP contribution in [0.3, 0.4) is 0 Å². The molecule has 2 aromatic carbocycles. The van der Waals surface area contributed by atoms with Crippen LogP contribution in [-0.4, -0.2) is 22.7 Å². The maximum Gasteiger partial charge on any atom is 0.306 e. The van der Waals surface area contributed by atoms with Gasteiger partial charge in [0.15, 0.2) is 17.5 Å². The van der Waals surface area contributed by atoms with Gasteiger partial charge in [-0.15, -0.1) is 0 Å². The Morgan fingerprint density at radius 3 is 2.57 bits per heavy atom. The molecule has 0 fully saturated rings. The number of carbonyl (C=O) groups excluding carboxylic acids is 1. The van der Waals surface area contributed by atoms with Gasteiger partial charge in [0, 0.05) is 11.3 Å². The molecular weight excluding hydrogens is 375 g/mol. The maximum atomic E-state index is 14.5. The molecule has 0 radical (unpaired) electrons. The summed E-state index contributed by atoms with van der Waals surface area (Å²) in [7, 11) is 0. The zero-order chi connectivity index (χ0) is 20.4. The SMILES string of the molecule is CCOC(=O)CC(c1ccc(F)c(F)c1F)c1c(O)c2ccccc2[nH]c1=O. The van der Waals surface area contributed by atoms with Gasteiger partial charge in [0.25, 0.3) is 5.56 Å². The number of fused-ring (bicyclic) bond motifs is 1. The second-order valence-electron chi connectivity index (χ2n) is 6.09. The number of carbonyl (C=O) groups is 1. The highest BCUT2D eigenvalue weighted by Crippen LogP contribution is 2.37. The second-order valence-corrected chi connectivity index (χ2v) is 6.09. The molecule has 3 rings (SSSR count). The summed E-state index contributed by atoms with van der Waals surface area (Å²) in [5, 5.41) is 10.9. The van der Waals surface area contributed by atoms with Gasteiger partial charge in [0.1, 0.15) is 5.75 Å². The van der Waals surface area contributed by atoms with Gasteiger partial charge in [-0.25, -0.2) is 13.2 Å². The minimum absolute atomic E-state index is 0.0336. The number of aromatic nitrogens is 1. The Morgan fingerprint density at radius 2 is 1.86 bits per heavy atom. The van der Waals surface area contributed by atoms with E-state index in [-0.39, 0.29) is 17.6 Å². The van der Waals surface area contributed by atoms with Crippen LogP contribution >= 0.6 is 0 Å². The lowest BCUT2D eigenvalue weighted by Gasteiger charge is -2.19. The van der Waals surface area contributed by atoms with Crippen molar-refractivity contribution in [2.45, 2.75) is 19.3 Å². The molecule has 5 nitrogen and oxygen atoms in total. The van der Waals surface area contributed by atoms with Gasteiger partial charge in [-0.05, 0) is 30.7 Å². The molecule has 146 valence electrons. The zero-order valence-electron chi connectivity index (χ0n) is 14.8. The molecule has 1 atom stereocenters. The normalized spacial score (nSPS) is 12.1. The predicted molar refractivity (Wildman–Crippen MR) is 95.6 cm³/mol. The first-order valence-electron chi connectivity index (χ1n) is 8.48. The van der Waals surface area contributed by atoms with Crippen LogP contribution in [0.4, 0.5) is 13.2 Å². The van der Waals surface area contributed by atoms with E-state index in [9.17, 15) is 27.9 Å². The topological polar surface area (TPSA) is 79.4 Å². The molecule has 0 bridgehead atoms. The fraction of sp³-hybridized carbons (Fsp3) is 0.200. The number of hydrogen-bond acceptors (Lipinski definition) is 4. The molecule has 8 heteroatoms. The molecule has 0 amide bonds. The number of nitrogens with one attached hydrogen (secondary N) is 1. The fourth-order valence-electron chi connectivity index (χ4n) is 3.13. The van der Waals surface area contributed by atoms with Gasteiger partial charge in [-0.1, -0.05) is 18.2 Å². The third-order valence-corrected chi connectivity index (χ3v) is 4.40. The highest BCUT2D eigenvalue weighted by molar-refractivity contribution is 5.86. The highest BCUT2D eigenvalue weighted by Gasteiger charge is 2.30. The molecule has 0 aliphatic carbocycles. The van der Waals surface area contributed by atoms with Crippen molar-refractivity contribution in [1.29, 1.82) is 0 Å². The summed E-state index contributed by atoms with van der Waals surface area (Å²) in [6.07, 6.45) is -0.551. The summed E-state index contributed by atoms with van der Waals surface area (Å²) in [4.78, 5) is 27.2. The van der Waals surface area contributed by atoms with Crippen LogP contribution in [-0.2, 0) is 9.53 Å². The largest absolute Gasteiger partial charge is 0.507 e. The lowest BCUT2D eigenvalue weighted by Crippen LogP contribution is -2.22. The third kappa shape index (κ3) is 3.45. The Morgan fingerprint density at radius 1 is 1.14 bits per heavy atom. The molecule has 3 aromatic rings. The van der Waals surface area contributed by atoms with Crippen molar-refractivity contribution in [3.63, 3.8) is 0 Å². The van der Waals surface area contributed by atoms with Gasteiger partial charge in [-0.2, -0.15) is 0 Å². The minimum atomic E-state index is -1.73. The van der Waals surface area contributed by atoms with E-state index in [1.807, 2.05) is 0 Å². The number of aromatic amines is 1. The lowest BCUT2D eigenvalue weighted by atomic mass is 9.87. The number of halogens is 3. The number of ether oxygens (including phenoxy) is 1. The number of para-hydroxylation sites is 1. The summed E-state index contributed by atoms with van der Waals surface area (Å²) >= 11 is 0. The molecule has 0 saturated carbocycles. The number of pyridine rings is 1. The van der Waals surface area contributed by atoms with E-state index in [0.717, 1.165) is 6.07 Å². The summed E-state index contributed by atoms with van der Waals surface area (Å²) in [5.41, 5.74) is -1.23. The third-order valence-electron chi connectivity index (χ3n) is 4.40. The molecule has 0 spiro atoms. The predicted octanol–water partition coefficient (Wildman–Crippen LogP) is 3.74. The molecule has 2 N–H and O–H groups in total. The smallest absolute Gasteiger partial charge is 0.306 e. The van der Waals surface area contributed by atoms with Crippen LogP contribution in [0, 0.1) is 17.5 Å². The fourth-order valence-corrected chi connectivity index (χ4v) is 3.13. The highest BCUT2D eigenvalue weighted by atomic mass is 19.2. The number of H-pyrrole nitrogens is 1. The quantitative estimate of drug-likeness (QED) is 0.513. The van der Waals surface area contributed by atoms with E-state index < -0.39 is 52.6 Å². The Kier molecular flexibility index (Phi) is 5.39. The lowest BCUT2D eigenvalue weighted by molar-refractivity contribution is -0.143. The Bertz CT molecular complexity index is 1110. The van der Waals surface area contributed by atoms with E-state index >= 15 is 0 Å². The first kappa shape index (κ1) is 19.5. The molecule has 1 heterocycles. The van der Waals surface area contributed by atoms with Crippen molar-refractivity contribution < 1.29 is 27.8 Å². The molecule has 1 aromatic heterocycles. The van der Waals surface area contributed by atoms with Gasteiger partial charge in [0.05, 0.1) is 24.1 Å². The van der Waals surface area contributed by atoms with Crippen LogP contribution in [0.15, 0.2) is 41.2 Å². The van der Waals surface area contributed by atoms with E-state index in [1.54, 1.807) is 25.1 Å². The van der Waals surface area contributed by atoms with E-state index in [0.29, 0.717) is 11.6 Å². The second kappa shape index (κ2) is 7.75. The first-order chi connectivity index (χ1) is 13.3. The van der Waals surface area contributed by atoms with Crippen LogP contribution in [0.1, 0.15) is 30.4 Å². The van der Waals surface area contributed by atoms with Gasteiger partial charge < -0.3 is 14.8 Å². The number of esters is 1. The van der Waals surface area contributed by atoms with E-state index in [4.69, 9.17) is 4.74 Å². The Balaban J connectivity index is 2.26. The minimum Gasteiger partial charge on any atom is -0.507 e. The van der Waals surface area contributed by atoms with Crippen LogP contribution in [0.5, 0.6) is 5.75 Å². The number of aromatic hydroxyl groups is 1. The van der Waals surface area contributed by atoms with Gasteiger partial charge in [-0.3, -0.25) is 9.59 Å². The van der Waals surface area contributed by atoms with E-state index in [2.05, 4.69) is 4.98 Å². The average Bonchev–Trinajstić information content (AvgIpc) is 2.66. The number of benzene rings is 2. The molecule has 0 saturated heterocycles. The summed E-state index contributed by atoms with van der Waals surface area (Å²) in [5.74, 6) is -7.33. The van der Waals surface area contributed by atoms with Crippen molar-refractivity contribution in [2.75, 3.05) is 6.61 Å². The summed E-state index contributed by atoms with van der Waals surface area (Å²) in [6, 6.07) is 7.96. The van der Waals surface area contributed by atoms with E-state index in [1.165, 1.54) is 6.07 Å². The van der Waals surface area contributed by atoms with Gasteiger partial charge in [0.2, 0.25) is 0 Å². The van der Waals surface area contributed by atoms with Crippen LogP contribution < -0.4 is 5.56 Å². The van der Waals surface area contributed by atoms with Crippen molar-refractivity contribution in [3.8, 4) is 5.75 Å². The standard InChI is InChI=1S/C20H16F3NO4/c1-2-28-15(25)9-12(10-7-8-13(21)18(23)17(10)22)16-19(26)11-5-3-4-6-14(11)24-20(16)27/h3-8,12H,2,9H2,1H3,(H2,24,26,27). The number of rotatable bonds is 5. The van der Waals surface area contributed by atoms with Crippen molar-refractivity contribution >= 4 is 16.9 Å². The van der Waals surface area contributed by atoms with Crippen molar-refractivity contribution in [3.05, 3.63) is 75.3 Å². The summed E-state index contributed by atoms with van der Waals surface area (Å²) in [6.45, 7) is 1.59. The monoisotopic (exact) mass is 391 g/mol.